The van der Waals surface area contributed by atoms with Crippen LogP contribution in [0.15, 0.2) is 0 Å². The van der Waals surface area contributed by atoms with Crippen molar-refractivity contribution in [1.29, 1.82) is 0 Å². The molecule has 7 fully saturated rings. The number of aliphatic hydroxyl groups is 22. The maximum absolute atomic E-state index is 11.2. The molecule has 49 heteroatoms. The summed E-state index contributed by atoms with van der Waals surface area (Å²) in [5, 5.41) is 251. The van der Waals surface area contributed by atoms with E-state index in [1.54, 1.807) is 13.8 Å². The van der Waals surface area contributed by atoms with E-state index < -0.39 is 251 Å². The third-order valence-corrected chi connectivity index (χ3v) is 25.6. The summed E-state index contributed by atoms with van der Waals surface area (Å²) in [5.41, 5.74) is -4.31. The van der Waals surface area contributed by atoms with E-state index in [1.807, 2.05) is 4.90 Å². The fourth-order valence-corrected chi connectivity index (χ4v) is 17.8. The molecule has 7 aliphatic heterocycles. The Balaban J connectivity index is 1.04. The van der Waals surface area contributed by atoms with Crippen LogP contribution >= 0.6 is 71.9 Å². The van der Waals surface area contributed by atoms with Crippen LogP contribution in [0.3, 0.4) is 0 Å². The summed E-state index contributed by atoms with van der Waals surface area (Å²) in [6.07, 6.45) is -41.6. The zero-order valence-corrected chi connectivity index (χ0v) is 70.2. The highest BCUT2D eigenvalue weighted by molar-refractivity contribution is 8.00. The van der Waals surface area contributed by atoms with Crippen molar-refractivity contribution in [2.24, 2.45) is 11.8 Å². The summed E-state index contributed by atoms with van der Waals surface area (Å²) in [6, 6.07) is 0. The lowest BCUT2D eigenvalue weighted by Gasteiger charge is -2.46. The third-order valence-electron chi connectivity index (χ3n) is 21.1. The number of ether oxygens (including phenoxy) is 14. The molecule has 0 aliphatic carbocycles. The van der Waals surface area contributed by atoms with Gasteiger partial charge in [0.1, 0.15) is 156 Å². The Labute approximate surface area is 706 Å². The van der Waals surface area contributed by atoms with Crippen molar-refractivity contribution in [2.75, 3.05) is 157 Å². The predicted molar refractivity (Wildman–Crippen MR) is 424 cm³/mol. The van der Waals surface area contributed by atoms with Crippen molar-refractivity contribution < 1.29 is 179 Å². The molecule has 35 atom stereocenters. The van der Waals surface area contributed by atoms with Gasteiger partial charge >= 0.3 is 0 Å². The van der Waals surface area contributed by atoms with Gasteiger partial charge in [0.05, 0.1) is 77.3 Å². The van der Waals surface area contributed by atoms with Gasteiger partial charge in [0.15, 0.2) is 40.5 Å². The van der Waals surface area contributed by atoms with E-state index in [0.717, 1.165) is 35.3 Å². The van der Waals surface area contributed by atoms with Crippen LogP contribution in [-0.2, 0) is 66.3 Å². The van der Waals surface area contributed by atoms with Crippen LogP contribution < -0.4 is 31.9 Å². The van der Waals surface area contributed by atoms with Crippen LogP contribution in [0.25, 0.3) is 0 Å². The molecule has 0 aromatic carbocycles. The second-order valence-electron chi connectivity index (χ2n) is 29.6. The van der Waals surface area contributed by atoms with Crippen LogP contribution in [0.2, 0.25) is 0 Å². The normalized spacial score (nSPS) is 40.0. The van der Waals surface area contributed by atoms with Crippen LogP contribution in [0.4, 0.5) is 0 Å². The van der Waals surface area contributed by atoms with Crippen molar-refractivity contribution in [1.82, 2.24) is 36.8 Å². The number of thioether (sulfide) groups is 3. The average molecular weight is 1810 g/mol. The van der Waals surface area contributed by atoms with E-state index in [1.165, 1.54) is 14.2 Å². The fourth-order valence-electron chi connectivity index (χ4n) is 13.8. The Kier molecular flexibility index (Phi) is 45.2. The minimum atomic E-state index is -1.66. The highest BCUT2D eigenvalue weighted by Gasteiger charge is 2.54. The van der Waals surface area contributed by atoms with Crippen molar-refractivity contribution in [2.45, 2.75) is 239 Å². The summed E-state index contributed by atoms with van der Waals surface area (Å²) >= 11 is 20.9. The Bertz CT molecular complexity index is 2630. The van der Waals surface area contributed by atoms with Gasteiger partial charge in [0.25, 0.3) is 0 Å². The van der Waals surface area contributed by atoms with Gasteiger partial charge in [-0.2, -0.15) is 0 Å². The largest absolute Gasteiger partial charge is 0.394 e. The molecule has 0 aromatic rings. The summed E-state index contributed by atoms with van der Waals surface area (Å²) in [6.45, 7) is 1.34. The topological polar surface area (TPSA) is 650 Å². The Morgan fingerprint density at radius 3 is 0.957 bits per heavy atom. The summed E-state index contributed by atoms with van der Waals surface area (Å²) in [7, 11) is 2.47. The monoisotopic (exact) mass is 1810 g/mol. The maximum Gasteiger partial charge on any atom is 0.186 e. The average Bonchev–Trinajstić information content (AvgIpc) is 0.787. The van der Waals surface area contributed by atoms with Gasteiger partial charge in [0.2, 0.25) is 0 Å². The van der Waals surface area contributed by atoms with Crippen molar-refractivity contribution in [3.8, 4) is 0 Å². The summed E-state index contributed by atoms with van der Waals surface area (Å²) in [4.78, 5) is 2.01. The number of nitrogens with one attached hydrogen (secondary N) is 6. The molecule has 117 heavy (non-hydrogen) atoms. The maximum atomic E-state index is 11.2. The first-order valence-corrected chi connectivity index (χ1v) is 43.2. The molecule has 0 radical (unpaired) electrons. The first-order valence-electron chi connectivity index (χ1n) is 38.8. The predicted octanol–water partition coefficient (Wildman–Crippen LogP) is -12.7. The SMILES string of the molecule is CO[C@H]1OC(CO)C(O[C@H]2OC(CNC(=S)NCCN(CCNC(=S)NCC3O[C@H](OC4C(CO)O[C@H](OC)C(O)[C@H]4O)C(O)[C@@H](O)C3C)CCNC(=S)NC(COCCCS[C@@H]3OC(CO)[C@@H](O)[C@H](O)C3O)(COCCCS[C@@H]3OC(CO)[C@@H](O)[C@H](O)C3O)COCCCS[C@@H]3OC(CO)[C@@H](O)[C@H](O)C3O)C(C)[C@H](O)C2O)[C@H](O)C1O. The van der Waals surface area contributed by atoms with Crippen LogP contribution in [0.1, 0.15) is 33.1 Å². The molecule has 7 aliphatic rings. The number of nitrogens with zero attached hydrogens (tertiary/aromatic N) is 1. The molecule has 7 rings (SSSR count). The summed E-state index contributed by atoms with van der Waals surface area (Å²) < 4.78 is 81.4. The van der Waals surface area contributed by atoms with Crippen molar-refractivity contribution in [3.63, 3.8) is 0 Å². The Hall–Kier alpha value is -1.36. The lowest BCUT2D eigenvalue weighted by atomic mass is 9.90. The van der Waals surface area contributed by atoms with E-state index in [4.69, 9.17) is 103 Å². The lowest BCUT2D eigenvalue weighted by molar-refractivity contribution is -0.351. The van der Waals surface area contributed by atoms with Crippen LogP contribution in [-0.4, -0.2) is 495 Å². The molecule has 18 unspecified atom stereocenters. The van der Waals surface area contributed by atoms with Crippen molar-refractivity contribution in [3.05, 3.63) is 0 Å². The zero-order chi connectivity index (χ0) is 86.0. The molecule has 0 amide bonds. The second-order valence-corrected chi connectivity index (χ2v) is 34.4. The molecule has 7 heterocycles. The molecule has 0 aromatic heterocycles. The molecule has 43 nitrogen and oxygen atoms in total. The molecule has 0 bridgehead atoms. The number of methoxy groups -OCH3 is 2. The third kappa shape index (κ3) is 29.1. The molecule has 28 N–H and O–H groups in total. The summed E-state index contributed by atoms with van der Waals surface area (Å²) in [5.74, 6) is -0.482. The molecular formula is C68H125N7O36S6. The molecule has 684 valence electrons. The molecule has 0 saturated carbocycles. The van der Waals surface area contributed by atoms with Gasteiger partial charge in [-0.05, 0) is 73.2 Å². The van der Waals surface area contributed by atoms with Crippen LogP contribution in [0, 0.1) is 11.8 Å². The standard InChI is InChI=1S/C68H125N7O36S6/c1-30-32(103-60(49(91)39(30)81)110-56-37(25-79)105-58(98-3)51(93)47(56)89)20-72-65(112)69-8-11-75(12-9-70-66(113)73-21-33-31(2)40(82)50(92)61(104-33)111-57-38(26-80)106-59(99-4)52(94)48(57)90)13-10-71-67(114)74-68(27-100-14-5-17-115-62-53(95)44(86)41(83)34(22-76)107-62,28-101-15-6-18-116-63-54(96)45(87)42(84)35(23-77)108-63)29-102-16-7-19-117-64-55(97)46(88)43(85)36(24-78)109-64/h30-64,76-97H,5-29H2,1-4H3,(H2,69,72,112)(H2,70,73,113)(H2,71,74,114)/t30?,31?,32?,33?,34?,35?,36?,37?,38?,39-,40-,41+,42+,43+,44-,45-,46-,47+,48+,49?,50?,51?,52?,53?,54?,55?,56?,57?,58-,59-,60+,61+,62-,63-,64-,68?/m0/s1. The van der Waals surface area contributed by atoms with E-state index in [9.17, 15) is 112 Å². The van der Waals surface area contributed by atoms with Gasteiger partial charge in [-0.15, -0.1) is 35.3 Å². The van der Waals surface area contributed by atoms with Crippen LogP contribution in [0.5, 0.6) is 0 Å². The minimum Gasteiger partial charge on any atom is -0.394 e. The number of rotatable bonds is 46. The number of hydrogen-bond acceptors (Lipinski definition) is 43. The van der Waals surface area contributed by atoms with Crippen molar-refractivity contribution >= 4 is 87.3 Å². The molecular weight excluding hydrogens is 1680 g/mol. The van der Waals surface area contributed by atoms with E-state index in [0.29, 0.717) is 49.6 Å². The number of aliphatic hydroxyl groups excluding tert-OH is 22. The number of thiocarbonyl (C=S) groups is 3. The van der Waals surface area contributed by atoms with Gasteiger partial charge in [-0.3, -0.25) is 4.90 Å². The second kappa shape index (κ2) is 51.4. The highest BCUT2D eigenvalue weighted by atomic mass is 32.2. The Morgan fingerprint density at radius 1 is 0.350 bits per heavy atom. The number of hydrogen-bond donors (Lipinski definition) is 28. The fraction of sp³-hybridized carbons (Fsp3) is 0.956. The minimum absolute atomic E-state index is 0.0346. The van der Waals surface area contributed by atoms with E-state index in [-0.39, 0.29) is 94.2 Å². The van der Waals surface area contributed by atoms with Gasteiger partial charge in [-0.25, -0.2) is 0 Å². The Morgan fingerprint density at radius 2 is 0.650 bits per heavy atom. The first kappa shape index (κ1) is 103. The van der Waals surface area contributed by atoms with Gasteiger partial charge < -0.3 is 211 Å². The van der Waals surface area contributed by atoms with E-state index in [2.05, 4.69) is 31.9 Å². The van der Waals surface area contributed by atoms with Gasteiger partial charge in [0, 0.05) is 98.2 Å². The smallest absolute Gasteiger partial charge is 0.186 e. The molecule has 7 saturated heterocycles. The quantitative estimate of drug-likeness (QED) is 0.0199. The molecule has 0 spiro atoms. The highest BCUT2D eigenvalue weighted by Crippen LogP contribution is 2.36. The lowest BCUT2D eigenvalue weighted by Crippen LogP contribution is -2.64. The van der Waals surface area contributed by atoms with E-state index >= 15 is 0 Å². The van der Waals surface area contributed by atoms with Gasteiger partial charge in [-0.1, -0.05) is 13.8 Å². The zero-order valence-electron chi connectivity index (χ0n) is 65.3. The first-order chi connectivity index (χ1) is 55.8.